The maximum Gasteiger partial charge on any atom is 0.0897 e. The number of rotatable bonds is 10. The van der Waals surface area contributed by atoms with Crippen LogP contribution in [0.2, 0.25) is 0 Å². The number of aliphatic hydroxyl groups excluding tert-OH is 1. The van der Waals surface area contributed by atoms with Crippen LogP contribution in [0, 0.1) is 11.8 Å². The van der Waals surface area contributed by atoms with Crippen LogP contribution in [0.15, 0.2) is 0 Å². The SMILES string of the molecule is CCOCCOCC(O)CNCC1CCC(C)CC1. The molecule has 1 rings (SSSR count). The molecule has 1 aliphatic carbocycles. The molecule has 0 saturated heterocycles. The van der Waals surface area contributed by atoms with Crippen molar-refractivity contribution in [2.75, 3.05) is 39.5 Å². The zero-order valence-electron chi connectivity index (χ0n) is 12.6. The van der Waals surface area contributed by atoms with E-state index < -0.39 is 6.10 Å². The minimum atomic E-state index is -0.413. The number of ether oxygens (including phenoxy) is 2. The summed E-state index contributed by atoms with van der Waals surface area (Å²) in [4.78, 5) is 0. The highest BCUT2D eigenvalue weighted by Crippen LogP contribution is 2.27. The molecule has 1 atom stereocenters. The highest BCUT2D eigenvalue weighted by atomic mass is 16.5. The lowest BCUT2D eigenvalue weighted by Crippen LogP contribution is -2.34. The molecule has 0 bridgehead atoms. The summed E-state index contributed by atoms with van der Waals surface area (Å²) in [5.74, 6) is 1.70. The number of nitrogens with one attached hydrogen (secondary N) is 1. The topological polar surface area (TPSA) is 50.7 Å². The first kappa shape index (κ1) is 16.9. The van der Waals surface area contributed by atoms with E-state index >= 15 is 0 Å². The van der Waals surface area contributed by atoms with Gasteiger partial charge in [-0.25, -0.2) is 0 Å². The zero-order valence-corrected chi connectivity index (χ0v) is 12.6. The molecule has 19 heavy (non-hydrogen) atoms. The number of hydrogen-bond acceptors (Lipinski definition) is 4. The minimum absolute atomic E-state index is 0.391. The fourth-order valence-electron chi connectivity index (χ4n) is 2.53. The molecular weight excluding hydrogens is 242 g/mol. The Morgan fingerprint density at radius 2 is 1.84 bits per heavy atom. The van der Waals surface area contributed by atoms with Gasteiger partial charge in [-0.15, -0.1) is 0 Å². The maximum atomic E-state index is 9.75. The third kappa shape index (κ3) is 8.58. The van der Waals surface area contributed by atoms with E-state index in [9.17, 15) is 5.11 Å². The largest absolute Gasteiger partial charge is 0.389 e. The molecule has 1 unspecified atom stereocenters. The quantitative estimate of drug-likeness (QED) is 0.596. The molecule has 1 saturated carbocycles. The predicted molar refractivity (Wildman–Crippen MR) is 77.3 cm³/mol. The summed E-state index contributed by atoms with van der Waals surface area (Å²) in [6, 6.07) is 0. The van der Waals surface area contributed by atoms with Gasteiger partial charge in [0.25, 0.3) is 0 Å². The third-order valence-electron chi connectivity index (χ3n) is 3.83. The van der Waals surface area contributed by atoms with Crippen LogP contribution in [0.1, 0.15) is 39.5 Å². The van der Waals surface area contributed by atoms with Crippen LogP contribution in [-0.4, -0.2) is 50.7 Å². The second-order valence-corrected chi connectivity index (χ2v) is 5.71. The van der Waals surface area contributed by atoms with Crippen LogP contribution in [0.3, 0.4) is 0 Å². The molecule has 1 fully saturated rings. The standard InChI is InChI=1S/C15H31NO3/c1-3-18-8-9-19-12-15(17)11-16-10-14-6-4-13(2)5-7-14/h13-17H,3-12H2,1-2H3. The van der Waals surface area contributed by atoms with Gasteiger partial charge in [-0.2, -0.15) is 0 Å². The van der Waals surface area contributed by atoms with Crippen LogP contribution >= 0.6 is 0 Å². The fraction of sp³-hybridized carbons (Fsp3) is 1.00. The van der Waals surface area contributed by atoms with Gasteiger partial charge in [-0.3, -0.25) is 0 Å². The van der Waals surface area contributed by atoms with Crippen molar-refractivity contribution in [3.63, 3.8) is 0 Å². The second-order valence-electron chi connectivity index (χ2n) is 5.71. The molecule has 0 heterocycles. The van der Waals surface area contributed by atoms with E-state index in [1.807, 2.05) is 6.92 Å². The zero-order chi connectivity index (χ0) is 13.9. The van der Waals surface area contributed by atoms with Gasteiger partial charge in [-0.05, 0) is 38.1 Å². The van der Waals surface area contributed by atoms with Crippen molar-refractivity contribution in [3.05, 3.63) is 0 Å². The van der Waals surface area contributed by atoms with Crippen molar-refractivity contribution in [3.8, 4) is 0 Å². The van der Waals surface area contributed by atoms with Crippen molar-refractivity contribution >= 4 is 0 Å². The normalized spacial score (nSPS) is 25.4. The van der Waals surface area contributed by atoms with Crippen LogP contribution < -0.4 is 5.32 Å². The van der Waals surface area contributed by atoms with Crippen LogP contribution in [0.25, 0.3) is 0 Å². The predicted octanol–water partition coefficient (Wildman–Crippen LogP) is 1.82. The summed E-state index contributed by atoms with van der Waals surface area (Å²) in [6.07, 6.45) is 4.96. The van der Waals surface area contributed by atoms with E-state index in [-0.39, 0.29) is 0 Å². The Morgan fingerprint density at radius 1 is 1.16 bits per heavy atom. The molecule has 0 aliphatic heterocycles. The third-order valence-corrected chi connectivity index (χ3v) is 3.83. The van der Waals surface area contributed by atoms with Crippen LogP contribution in [0.5, 0.6) is 0 Å². The molecular formula is C15H31NO3. The number of hydrogen-bond donors (Lipinski definition) is 2. The summed E-state index contributed by atoms with van der Waals surface area (Å²) >= 11 is 0. The number of aliphatic hydroxyl groups is 1. The summed E-state index contributed by atoms with van der Waals surface area (Å²) in [6.45, 7) is 8.23. The first-order chi connectivity index (χ1) is 9.22. The summed E-state index contributed by atoms with van der Waals surface area (Å²) in [5.41, 5.74) is 0. The lowest BCUT2D eigenvalue weighted by molar-refractivity contribution is 0.00617. The Kier molecular flexibility index (Phi) is 9.43. The van der Waals surface area contributed by atoms with E-state index in [0.717, 1.165) is 18.4 Å². The van der Waals surface area contributed by atoms with Crippen molar-refractivity contribution in [2.24, 2.45) is 11.8 Å². The van der Waals surface area contributed by atoms with Crippen LogP contribution in [0.4, 0.5) is 0 Å². The van der Waals surface area contributed by atoms with E-state index in [2.05, 4.69) is 12.2 Å². The first-order valence-electron chi connectivity index (χ1n) is 7.76. The second kappa shape index (κ2) is 10.6. The van der Waals surface area contributed by atoms with Crippen LogP contribution in [-0.2, 0) is 9.47 Å². The van der Waals surface area contributed by atoms with Gasteiger partial charge < -0.3 is 19.9 Å². The van der Waals surface area contributed by atoms with Gasteiger partial charge in [0.2, 0.25) is 0 Å². The Hall–Kier alpha value is -0.160. The van der Waals surface area contributed by atoms with Gasteiger partial charge in [0.15, 0.2) is 0 Å². The van der Waals surface area contributed by atoms with Crippen molar-refractivity contribution in [1.29, 1.82) is 0 Å². The summed E-state index contributed by atoms with van der Waals surface area (Å²) in [7, 11) is 0. The Labute approximate surface area is 117 Å². The average Bonchev–Trinajstić information content (AvgIpc) is 2.41. The molecule has 0 aromatic carbocycles. The molecule has 0 spiro atoms. The lowest BCUT2D eigenvalue weighted by atomic mass is 9.83. The van der Waals surface area contributed by atoms with E-state index in [4.69, 9.17) is 9.47 Å². The molecule has 2 N–H and O–H groups in total. The Balaban J connectivity index is 1.90. The first-order valence-corrected chi connectivity index (χ1v) is 7.76. The molecule has 4 nitrogen and oxygen atoms in total. The van der Waals surface area contributed by atoms with Gasteiger partial charge in [0.05, 0.1) is 25.9 Å². The molecule has 0 amide bonds. The highest BCUT2D eigenvalue weighted by molar-refractivity contribution is 4.72. The van der Waals surface area contributed by atoms with Crippen molar-refractivity contribution in [2.45, 2.75) is 45.6 Å². The van der Waals surface area contributed by atoms with E-state index in [1.54, 1.807) is 0 Å². The summed E-state index contributed by atoms with van der Waals surface area (Å²) < 4.78 is 10.5. The van der Waals surface area contributed by atoms with Gasteiger partial charge in [0, 0.05) is 13.2 Å². The fourth-order valence-corrected chi connectivity index (χ4v) is 2.53. The summed E-state index contributed by atoms with van der Waals surface area (Å²) in [5, 5.41) is 13.1. The highest BCUT2D eigenvalue weighted by Gasteiger charge is 2.17. The minimum Gasteiger partial charge on any atom is -0.389 e. The monoisotopic (exact) mass is 273 g/mol. The molecule has 114 valence electrons. The van der Waals surface area contributed by atoms with Crippen molar-refractivity contribution < 1.29 is 14.6 Å². The van der Waals surface area contributed by atoms with Gasteiger partial charge in [0.1, 0.15) is 0 Å². The molecule has 1 aliphatic rings. The molecule has 0 radical (unpaired) electrons. The Morgan fingerprint density at radius 3 is 2.53 bits per heavy atom. The molecule has 0 aromatic rings. The van der Waals surface area contributed by atoms with E-state index in [0.29, 0.717) is 33.0 Å². The van der Waals surface area contributed by atoms with Gasteiger partial charge >= 0.3 is 0 Å². The average molecular weight is 273 g/mol. The van der Waals surface area contributed by atoms with Crippen molar-refractivity contribution in [1.82, 2.24) is 5.32 Å². The maximum absolute atomic E-state index is 9.75. The smallest absolute Gasteiger partial charge is 0.0897 e. The lowest BCUT2D eigenvalue weighted by Gasteiger charge is -2.26. The van der Waals surface area contributed by atoms with Gasteiger partial charge in [-0.1, -0.05) is 19.8 Å². The molecule has 4 heteroatoms. The molecule has 0 aromatic heterocycles. The van der Waals surface area contributed by atoms with E-state index in [1.165, 1.54) is 25.7 Å². The Bertz CT molecular complexity index is 206.